The number of anilines is 1. The molecule has 0 atom stereocenters. The molecule has 1 aromatic rings. The van der Waals surface area contributed by atoms with Crippen LogP contribution in [0.4, 0.5) is 10.5 Å². The summed E-state index contributed by atoms with van der Waals surface area (Å²) < 4.78 is 5.44. The van der Waals surface area contributed by atoms with Crippen LogP contribution in [0.1, 0.15) is 39.2 Å². The van der Waals surface area contributed by atoms with Crippen molar-refractivity contribution in [3.63, 3.8) is 0 Å². The Labute approximate surface area is 143 Å². The number of carbonyl (C=O) groups is 1. The van der Waals surface area contributed by atoms with E-state index in [9.17, 15) is 4.79 Å². The number of likely N-dealkylation sites (tertiary alicyclic amines) is 1. The van der Waals surface area contributed by atoms with E-state index in [0.717, 1.165) is 39.0 Å². The van der Waals surface area contributed by atoms with E-state index < -0.39 is 5.60 Å². The van der Waals surface area contributed by atoms with Crippen LogP contribution in [0.15, 0.2) is 24.3 Å². The Morgan fingerprint density at radius 2 is 1.75 bits per heavy atom. The van der Waals surface area contributed by atoms with Gasteiger partial charge in [0.1, 0.15) is 5.60 Å². The summed E-state index contributed by atoms with van der Waals surface area (Å²) in [5.41, 5.74) is 1.70. The zero-order valence-corrected chi connectivity index (χ0v) is 14.7. The number of nitriles is 1. The first-order valence-corrected chi connectivity index (χ1v) is 8.53. The van der Waals surface area contributed by atoms with Gasteiger partial charge in [-0.1, -0.05) is 0 Å². The van der Waals surface area contributed by atoms with Gasteiger partial charge in [0, 0.05) is 37.3 Å². The van der Waals surface area contributed by atoms with Crippen LogP contribution in [-0.4, -0.2) is 42.8 Å². The van der Waals surface area contributed by atoms with Crippen LogP contribution in [-0.2, 0) is 4.74 Å². The smallest absolute Gasteiger partial charge is 0.410 e. The molecule has 1 spiro atoms. The fourth-order valence-corrected chi connectivity index (χ4v) is 3.52. The van der Waals surface area contributed by atoms with Crippen molar-refractivity contribution in [3.05, 3.63) is 29.8 Å². The number of ether oxygens (including phenoxy) is 1. The van der Waals surface area contributed by atoms with E-state index in [-0.39, 0.29) is 11.5 Å². The second-order valence-electron chi connectivity index (χ2n) is 7.98. The molecule has 2 aliphatic heterocycles. The Hall–Kier alpha value is -2.22. The van der Waals surface area contributed by atoms with Gasteiger partial charge >= 0.3 is 6.09 Å². The highest BCUT2D eigenvalue weighted by Crippen LogP contribution is 2.41. The number of rotatable bonds is 1. The molecule has 2 fully saturated rings. The highest BCUT2D eigenvalue weighted by Gasteiger charge is 2.47. The molecular weight excluding hydrogens is 302 g/mol. The molecule has 0 aliphatic carbocycles. The van der Waals surface area contributed by atoms with E-state index >= 15 is 0 Å². The molecule has 2 heterocycles. The lowest BCUT2D eigenvalue weighted by atomic mass is 9.72. The van der Waals surface area contributed by atoms with Crippen molar-refractivity contribution in [1.29, 1.82) is 5.26 Å². The van der Waals surface area contributed by atoms with Gasteiger partial charge in [-0.25, -0.2) is 4.79 Å². The van der Waals surface area contributed by atoms with Gasteiger partial charge in [0.2, 0.25) is 0 Å². The zero-order valence-electron chi connectivity index (χ0n) is 14.7. The molecule has 5 nitrogen and oxygen atoms in total. The predicted octanol–water partition coefficient (Wildman–Crippen LogP) is 3.40. The van der Waals surface area contributed by atoms with Gasteiger partial charge < -0.3 is 14.5 Å². The molecule has 128 valence electrons. The molecule has 0 unspecified atom stereocenters. The maximum Gasteiger partial charge on any atom is 0.410 e. The van der Waals surface area contributed by atoms with Crippen LogP contribution in [0, 0.1) is 16.7 Å². The minimum Gasteiger partial charge on any atom is -0.444 e. The molecule has 1 amide bonds. The average Bonchev–Trinajstić information content (AvgIpc) is 2.51. The Balaban J connectivity index is 1.51. The quantitative estimate of drug-likeness (QED) is 0.793. The van der Waals surface area contributed by atoms with Gasteiger partial charge in [-0.15, -0.1) is 0 Å². The molecule has 2 aliphatic rings. The van der Waals surface area contributed by atoms with Crippen molar-refractivity contribution in [2.24, 2.45) is 5.41 Å². The van der Waals surface area contributed by atoms with Crippen molar-refractivity contribution in [3.8, 4) is 6.07 Å². The van der Waals surface area contributed by atoms with Crippen LogP contribution < -0.4 is 4.90 Å². The first-order valence-electron chi connectivity index (χ1n) is 8.53. The highest BCUT2D eigenvalue weighted by atomic mass is 16.6. The van der Waals surface area contributed by atoms with Crippen LogP contribution >= 0.6 is 0 Å². The van der Waals surface area contributed by atoms with E-state index in [1.807, 2.05) is 49.9 Å². The molecular formula is C19H25N3O2. The molecule has 0 radical (unpaired) electrons. The third kappa shape index (κ3) is 3.48. The summed E-state index contributed by atoms with van der Waals surface area (Å²) >= 11 is 0. The van der Waals surface area contributed by atoms with Crippen molar-refractivity contribution in [2.75, 3.05) is 31.1 Å². The number of benzene rings is 1. The fraction of sp³-hybridized carbons (Fsp3) is 0.579. The number of hydrogen-bond donors (Lipinski definition) is 0. The minimum atomic E-state index is -0.432. The van der Waals surface area contributed by atoms with Crippen LogP contribution in [0.2, 0.25) is 0 Å². The maximum absolute atomic E-state index is 12.1. The van der Waals surface area contributed by atoms with Gasteiger partial charge in [0.25, 0.3) is 0 Å². The molecule has 5 heteroatoms. The van der Waals surface area contributed by atoms with Crippen LogP contribution in [0.25, 0.3) is 0 Å². The number of piperidine rings is 1. The largest absolute Gasteiger partial charge is 0.444 e. The number of hydrogen-bond acceptors (Lipinski definition) is 4. The maximum atomic E-state index is 12.1. The molecule has 0 aromatic heterocycles. The van der Waals surface area contributed by atoms with E-state index in [1.54, 1.807) is 0 Å². The molecule has 0 N–H and O–H groups in total. The van der Waals surface area contributed by atoms with Gasteiger partial charge in [0.05, 0.1) is 11.6 Å². The SMILES string of the molecule is CC(C)(C)OC(=O)N1CC2(CCN(c3ccc(C#N)cc3)CC2)C1. The molecule has 1 aromatic carbocycles. The molecule has 3 rings (SSSR count). The molecule has 24 heavy (non-hydrogen) atoms. The summed E-state index contributed by atoms with van der Waals surface area (Å²) in [4.78, 5) is 16.3. The van der Waals surface area contributed by atoms with Crippen LogP contribution in [0.3, 0.4) is 0 Å². The number of nitrogens with zero attached hydrogens (tertiary/aromatic N) is 3. The lowest BCUT2D eigenvalue weighted by molar-refractivity contribution is -0.0434. The standard InChI is InChI=1S/C19H25N3O2/c1-18(2,3)24-17(23)22-13-19(14-22)8-10-21(11-9-19)16-6-4-15(12-20)5-7-16/h4-7H,8-11,13-14H2,1-3H3. The minimum absolute atomic E-state index is 0.192. The Bertz CT molecular complexity index is 639. The summed E-state index contributed by atoms with van der Waals surface area (Å²) in [6, 6.07) is 9.93. The summed E-state index contributed by atoms with van der Waals surface area (Å²) in [6.07, 6.45) is 1.99. The Kier molecular flexibility index (Phi) is 4.16. The first-order chi connectivity index (χ1) is 11.3. The third-order valence-corrected chi connectivity index (χ3v) is 4.89. The lowest BCUT2D eigenvalue weighted by Gasteiger charge is -2.54. The molecule has 0 saturated carbocycles. The van der Waals surface area contributed by atoms with E-state index in [2.05, 4.69) is 11.0 Å². The summed E-state index contributed by atoms with van der Waals surface area (Å²) in [5.74, 6) is 0. The Morgan fingerprint density at radius 3 is 2.25 bits per heavy atom. The van der Waals surface area contributed by atoms with Crippen molar-refractivity contribution in [2.45, 2.75) is 39.2 Å². The molecule has 0 bridgehead atoms. The van der Waals surface area contributed by atoms with E-state index in [0.29, 0.717) is 5.56 Å². The summed E-state index contributed by atoms with van der Waals surface area (Å²) in [6.45, 7) is 9.30. The highest BCUT2D eigenvalue weighted by molar-refractivity contribution is 5.69. The monoisotopic (exact) mass is 327 g/mol. The summed E-state index contributed by atoms with van der Waals surface area (Å²) in [7, 11) is 0. The lowest BCUT2D eigenvalue weighted by Crippen LogP contribution is -2.62. The van der Waals surface area contributed by atoms with Crippen molar-refractivity contribution in [1.82, 2.24) is 4.90 Å². The van der Waals surface area contributed by atoms with E-state index in [1.165, 1.54) is 5.69 Å². The number of carbonyl (C=O) groups excluding carboxylic acids is 1. The van der Waals surface area contributed by atoms with Crippen molar-refractivity contribution < 1.29 is 9.53 Å². The van der Waals surface area contributed by atoms with Crippen molar-refractivity contribution >= 4 is 11.8 Å². The topological polar surface area (TPSA) is 56.6 Å². The van der Waals surface area contributed by atoms with Crippen LogP contribution in [0.5, 0.6) is 0 Å². The Morgan fingerprint density at radius 1 is 1.17 bits per heavy atom. The van der Waals surface area contributed by atoms with Gasteiger partial charge in [-0.3, -0.25) is 0 Å². The second-order valence-corrected chi connectivity index (χ2v) is 7.98. The first kappa shape index (κ1) is 16.6. The summed E-state index contributed by atoms with van der Waals surface area (Å²) in [5, 5.41) is 8.88. The second kappa shape index (κ2) is 6.01. The van der Waals surface area contributed by atoms with Gasteiger partial charge in [0.15, 0.2) is 0 Å². The number of amides is 1. The molecule has 2 saturated heterocycles. The normalized spacial score (nSPS) is 19.6. The fourth-order valence-electron chi connectivity index (χ4n) is 3.52. The van der Waals surface area contributed by atoms with Gasteiger partial charge in [-0.05, 0) is 57.9 Å². The average molecular weight is 327 g/mol. The van der Waals surface area contributed by atoms with E-state index in [4.69, 9.17) is 10.00 Å². The zero-order chi connectivity index (χ0) is 17.4. The predicted molar refractivity (Wildman–Crippen MR) is 92.8 cm³/mol. The third-order valence-electron chi connectivity index (χ3n) is 4.89. The van der Waals surface area contributed by atoms with Gasteiger partial charge in [-0.2, -0.15) is 5.26 Å².